The molecule has 22 heteroatoms. The summed E-state index contributed by atoms with van der Waals surface area (Å²) in [5, 5.41) is -4.30. The Labute approximate surface area is 176 Å². The minimum atomic E-state index is -8.84. The smallest absolute Gasteiger partial charge is 1.00 e. The third kappa shape index (κ3) is 3.85. The zero-order valence-corrected chi connectivity index (χ0v) is 16.0. The van der Waals surface area contributed by atoms with Crippen molar-refractivity contribution >= 4 is 10.0 Å². The molecule has 0 aromatic rings. The molecule has 0 atom stereocenters. The van der Waals surface area contributed by atoms with E-state index in [4.69, 9.17) is 0 Å². The molecule has 0 aliphatic rings. The monoisotopic (exact) mass is 523 g/mol. The number of rotatable bonds is 7. The Hall–Kier alpha value is -0.280. The fraction of sp³-hybridized carbons (Fsp3) is 1.00. The molecule has 0 radical (unpaired) electrons. The van der Waals surface area contributed by atoms with Gasteiger partial charge in [0.1, 0.15) is 0 Å². The van der Waals surface area contributed by atoms with E-state index in [9.17, 15) is 83.1 Å². The number of hydrogen-bond donors (Lipinski definition) is 1. The molecule has 0 aliphatic heterocycles. The van der Waals surface area contributed by atoms with Crippen LogP contribution in [0.2, 0.25) is 0 Å². The van der Waals surface area contributed by atoms with Gasteiger partial charge in [0.15, 0.2) is 0 Å². The summed E-state index contributed by atoms with van der Waals surface area (Å²) in [5.41, 5.74) is 0. The van der Waals surface area contributed by atoms with E-state index in [0.717, 1.165) is 0 Å². The van der Waals surface area contributed by atoms with Gasteiger partial charge in [-0.15, -0.1) is 0 Å². The molecule has 0 aromatic carbocycles. The van der Waals surface area contributed by atoms with Crippen LogP contribution in [0.1, 0.15) is 1.43 Å². The van der Waals surface area contributed by atoms with Crippen molar-refractivity contribution < 1.29 is 114 Å². The predicted molar refractivity (Wildman–Crippen MR) is 54.9 cm³/mol. The molecule has 0 aromatic heterocycles. The molecule has 0 saturated heterocycles. The van der Waals surface area contributed by atoms with Crippen LogP contribution < -0.4 is 34.7 Å². The maximum Gasteiger partial charge on any atom is 1.00 e. The minimum Gasteiger partial charge on any atom is -1.00 e. The standard InChI is InChI=1S/C8H2F17NO2S.Na.H/c9-1(10,3(13,14)5(17,18)7(21,22)23)2(11,12)4(15,16)6(19,20)8(24,25)29(26,27)28;;/h(H2,26,27,28);;/q;+1;-1. The van der Waals surface area contributed by atoms with E-state index in [1.165, 1.54) is 0 Å². The molecule has 0 amide bonds. The first-order valence-electron chi connectivity index (χ1n) is 5.74. The van der Waals surface area contributed by atoms with Gasteiger partial charge in [-0.2, -0.15) is 74.6 Å². The molecule has 3 nitrogen and oxygen atoms in total. The van der Waals surface area contributed by atoms with Crippen molar-refractivity contribution in [3.63, 3.8) is 0 Å². The van der Waals surface area contributed by atoms with Gasteiger partial charge in [0.25, 0.3) is 10.0 Å². The maximum absolute atomic E-state index is 13.1. The minimum absolute atomic E-state index is 0. The molecular weight excluding hydrogens is 520 g/mol. The third-order valence-corrected chi connectivity index (χ3v) is 4.02. The Bertz CT molecular complexity index is 748. The van der Waals surface area contributed by atoms with Crippen LogP contribution in [-0.2, 0) is 10.0 Å². The van der Waals surface area contributed by atoms with E-state index in [2.05, 4.69) is 5.14 Å². The molecule has 0 heterocycles. The van der Waals surface area contributed by atoms with Gasteiger partial charge in [-0.1, -0.05) is 0 Å². The molecule has 178 valence electrons. The van der Waals surface area contributed by atoms with Crippen LogP contribution in [0.15, 0.2) is 0 Å². The van der Waals surface area contributed by atoms with Gasteiger partial charge < -0.3 is 1.43 Å². The van der Waals surface area contributed by atoms with Crippen LogP contribution in [0, 0.1) is 0 Å². The van der Waals surface area contributed by atoms with Gasteiger partial charge in [-0.05, 0) is 0 Å². The van der Waals surface area contributed by atoms with Crippen LogP contribution >= 0.6 is 0 Å². The van der Waals surface area contributed by atoms with Gasteiger partial charge in [0.2, 0.25) is 0 Å². The van der Waals surface area contributed by atoms with E-state index in [-0.39, 0.29) is 31.0 Å². The molecule has 0 aliphatic carbocycles. The molecule has 0 fully saturated rings. The van der Waals surface area contributed by atoms with Crippen molar-refractivity contribution in [3.8, 4) is 0 Å². The van der Waals surface area contributed by atoms with Gasteiger partial charge in [-0.3, -0.25) is 0 Å². The summed E-state index contributed by atoms with van der Waals surface area (Å²) >= 11 is 0. The van der Waals surface area contributed by atoms with Crippen molar-refractivity contribution in [1.29, 1.82) is 0 Å². The second kappa shape index (κ2) is 7.65. The molecule has 0 spiro atoms. The van der Waals surface area contributed by atoms with Crippen LogP contribution in [0.25, 0.3) is 0 Å². The Kier molecular flexibility index (Phi) is 8.13. The SMILES string of the molecule is NS(=O)(=O)C(F)(F)C(F)(F)C(F)(F)C(F)(F)C(F)(F)C(F)(F)C(F)(F)C(F)(F)F.[H-].[Na+]. The first kappa shape index (κ1) is 31.9. The van der Waals surface area contributed by atoms with Crippen LogP contribution in [0.5, 0.6) is 0 Å². The summed E-state index contributed by atoms with van der Waals surface area (Å²) in [6, 6.07) is 0. The summed E-state index contributed by atoms with van der Waals surface area (Å²) < 4.78 is 236. The number of alkyl halides is 17. The second-order valence-corrected chi connectivity index (χ2v) is 6.61. The summed E-state index contributed by atoms with van der Waals surface area (Å²) in [5.74, 6) is -51.6. The summed E-state index contributed by atoms with van der Waals surface area (Å²) in [6.45, 7) is 0. The van der Waals surface area contributed by atoms with Gasteiger partial charge in [0.05, 0.1) is 0 Å². The Morgan fingerprint density at radius 2 is 0.667 bits per heavy atom. The van der Waals surface area contributed by atoms with Crippen molar-refractivity contribution in [3.05, 3.63) is 0 Å². The first-order valence-corrected chi connectivity index (χ1v) is 7.28. The molecule has 0 bridgehead atoms. The second-order valence-electron chi connectivity index (χ2n) is 5.01. The molecule has 0 saturated carbocycles. The van der Waals surface area contributed by atoms with Crippen LogP contribution in [0.3, 0.4) is 0 Å². The predicted octanol–water partition coefficient (Wildman–Crippen LogP) is 1.36. The Morgan fingerprint density at radius 3 is 0.867 bits per heavy atom. The molecular formula is C8H3F17NNaO2S. The average Bonchev–Trinajstić information content (AvgIpc) is 2.43. The summed E-state index contributed by atoms with van der Waals surface area (Å²) in [6.07, 6.45) is -7.86. The van der Waals surface area contributed by atoms with E-state index >= 15 is 0 Å². The van der Waals surface area contributed by atoms with Crippen molar-refractivity contribution in [2.24, 2.45) is 5.14 Å². The maximum atomic E-state index is 13.1. The molecule has 0 unspecified atom stereocenters. The summed E-state index contributed by atoms with van der Waals surface area (Å²) in [4.78, 5) is 0. The van der Waals surface area contributed by atoms with Crippen LogP contribution in [-0.4, -0.2) is 55.4 Å². The van der Waals surface area contributed by atoms with E-state index in [1.54, 1.807) is 0 Å². The number of hydrogen-bond acceptors (Lipinski definition) is 2. The zero-order chi connectivity index (χ0) is 24.5. The van der Waals surface area contributed by atoms with Gasteiger partial charge in [-0.25, -0.2) is 13.6 Å². The Morgan fingerprint density at radius 1 is 0.467 bits per heavy atom. The largest absolute Gasteiger partial charge is 1.00 e. The van der Waals surface area contributed by atoms with E-state index < -0.39 is 57.0 Å². The zero-order valence-electron chi connectivity index (χ0n) is 14.2. The van der Waals surface area contributed by atoms with Crippen molar-refractivity contribution in [2.45, 2.75) is 47.0 Å². The first-order chi connectivity index (χ1) is 12.0. The normalized spacial score (nSPS) is 16.3. The molecule has 2 N–H and O–H groups in total. The number of sulfonamides is 1. The van der Waals surface area contributed by atoms with E-state index in [0.29, 0.717) is 0 Å². The average molecular weight is 523 g/mol. The van der Waals surface area contributed by atoms with Crippen molar-refractivity contribution in [2.75, 3.05) is 0 Å². The number of halogens is 17. The molecule has 0 rings (SSSR count). The van der Waals surface area contributed by atoms with Gasteiger partial charge >= 0.3 is 76.5 Å². The van der Waals surface area contributed by atoms with Crippen molar-refractivity contribution in [1.82, 2.24) is 0 Å². The van der Waals surface area contributed by atoms with Gasteiger partial charge in [0, 0.05) is 0 Å². The number of nitrogens with two attached hydrogens (primary N) is 1. The van der Waals surface area contributed by atoms with Crippen LogP contribution in [0.4, 0.5) is 74.6 Å². The Balaban J connectivity index is -0.00000392. The fourth-order valence-electron chi connectivity index (χ4n) is 1.33. The molecule has 30 heavy (non-hydrogen) atoms. The fourth-order valence-corrected chi connectivity index (χ4v) is 1.81. The quantitative estimate of drug-likeness (QED) is 0.405. The number of primary sulfonamides is 1. The topological polar surface area (TPSA) is 60.2 Å². The van der Waals surface area contributed by atoms with E-state index in [1.807, 2.05) is 0 Å². The third-order valence-electron chi connectivity index (χ3n) is 3.05. The summed E-state index contributed by atoms with van der Waals surface area (Å²) in [7, 11) is -7.39.